The highest BCUT2D eigenvalue weighted by Gasteiger charge is 2.18. The van der Waals surface area contributed by atoms with Crippen LogP contribution in [0.1, 0.15) is 5.82 Å². The molecular formula is C23H13ClF2N4O2S. The molecule has 2 aromatic heterocycles. The van der Waals surface area contributed by atoms with Gasteiger partial charge < -0.3 is 4.52 Å². The lowest BCUT2D eigenvalue weighted by Crippen LogP contribution is -2.22. The summed E-state index contributed by atoms with van der Waals surface area (Å²) >= 11 is 7.31. The van der Waals surface area contributed by atoms with E-state index >= 15 is 0 Å². The fourth-order valence-electron chi connectivity index (χ4n) is 3.27. The largest absolute Gasteiger partial charge is 0.334 e. The normalized spacial score (nSPS) is 11.2. The van der Waals surface area contributed by atoms with E-state index in [0.29, 0.717) is 27.3 Å². The lowest BCUT2D eigenvalue weighted by molar-refractivity contribution is 0.425. The van der Waals surface area contributed by atoms with E-state index in [1.165, 1.54) is 6.07 Å². The zero-order chi connectivity index (χ0) is 22.9. The summed E-state index contributed by atoms with van der Waals surface area (Å²) in [5, 5.41) is 4.94. The fourth-order valence-corrected chi connectivity index (χ4v) is 4.34. The summed E-state index contributed by atoms with van der Waals surface area (Å²) in [6.45, 7) is 0. The molecule has 2 heterocycles. The molecule has 5 rings (SSSR count). The van der Waals surface area contributed by atoms with Crippen LogP contribution in [0.4, 0.5) is 8.78 Å². The maximum absolute atomic E-state index is 14.6. The van der Waals surface area contributed by atoms with Crippen molar-refractivity contribution < 1.29 is 13.3 Å². The van der Waals surface area contributed by atoms with E-state index in [9.17, 15) is 13.6 Å². The number of thioether (sulfide) groups is 1. The van der Waals surface area contributed by atoms with E-state index in [2.05, 4.69) is 15.1 Å². The predicted molar refractivity (Wildman–Crippen MR) is 122 cm³/mol. The zero-order valence-corrected chi connectivity index (χ0v) is 18.3. The third-order valence-electron chi connectivity index (χ3n) is 4.80. The quantitative estimate of drug-likeness (QED) is 0.238. The van der Waals surface area contributed by atoms with Crippen molar-refractivity contribution in [1.29, 1.82) is 0 Å². The Labute approximate surface area is 194 Å². The minimum Gasteiger partial charge on any atom is -0.334 e. The second-order valence-electron chi connectivity index (χ2n) is 6.93. The molecule has 10 heteroatoms. The van der Waals surface area contributed by atoms with Crippen LogP contribution in [0.2, 0.25) is 5.02 Å². The van der Waals surface area contributed by atoms with Gasteiger partial charge in [0.2, 0.25) is 0 Å². The Kier molecular flexibility index (Phi) is 5.65. The molecule has 0 bridgehead atoms. The summed E-state index contributed by atoms with van der Waals surface area (Å²) < 4.78 is 34.5. The van der Waals surface area contributed by atoms with Crippen molar-refractivity contribution in [3.8, 4) is 17.1 Å². The SMILES string of the molecule is O=c1c2ccccc2nc(SCc2noc(-c3ccccc3Cl)n2)n1-c1ccc(F)cc1F. The van der Waals surface area contributed by atoms with Crippen LogP contribution >= 0.6 is 23.4 Å². The number of fused-ring (bicyclic) bond motifs is 1. The highest BCUT2D eigenvalue weighted by molar-refractivity contribution is 7.98. The molecule has 0 spiro atoms. The first kappa shape index (κ1) is 21.3. The van der Waals surface area contributed by atoms with Gasteiger partial charge in [-0.15, -0.1) is 0 Å². The first-order chi connectivity index (χ1) is 16.0. The second kappa shape index (κ2) is 8.76. The standard InChI is InChI=1S/C23H13ClF2N4O2S/c24-16-7-3-1-5-14(16)21-28-20(29-32-21)12-33-23-27-18-8-4-2-6-15(18)22(31)30(23)19-10-9-13(25)11-17(19)26/h1-11H,12H2. The van der Waals surface area contributed by atoms with Crippen LogP contribution in [0.25, 0.3) is 28.0 Å². The fraction of sp³-hybridized carbons (Fsp3) is 0.0435. The minimum absolute atomic E-state index is 0.105. The van der Waals surface area contributed by atoms with Crippen molar-refractivity contribution in [3.63, 3.8) is 0 Å². The Morgan fingerprint density at radius 3 is 2.61 bits per heavy atom. The van der Waals surface area contributed by atoms with Gasteiger partial charge in [0.25, 0.3) is 11.4 Å². The molecule has 0 fully saturated rings. The number of nitrogens with zero attached hydrogens (tertiary/aromatic N) is 4. The van der Waals surface area contributed by atoms with Crippen molar-refractivity contribution in [2.75, 3.05) is 0 Å². The van der Waals surface area contributed by atoms with E-state index in [0.717, 1.165) is 28.5 Å². The Morgan fingerprint density at radius 1 is 1.00 bits per heavy atom. The molecule has 0 unspecified atom stereocenters. The van der Waals surface area contributed by atoms with Gasteiger partial charge in [-0.2, -0.15) is 4.98 Å². The van der Waals surface area contributed by atoms with E-state index < -0.39 is 17.2 Å². The van der Waals surface area contributed by atoms with Gasteiger partial charge in [-0.05, 0) is 36.4 Å². The van der Waals surface area contributed by atoms with Gasteiger partial charge in [0.15, 0.2) is 11.0 Å². The van der Waals surface area contributed by atoms with Crippen molar-refractivity contribution in [2.45, 2.75) is 10.9 Å². The number of rotatable bonds is 5. The Balaban J connectivity index is 1.54. The summed E-state index contributed by atoms with van der Waals surface area (Å²) in [5.41, 5.74) is 0.469. The smallest absolute Gasteiger partial charge is 0.266 e. The van der Waals surface area contributed by atoms with Crippen LogP contribution in [0, 0.1) is 11.6 Å². The van der Waals surface area contributed by atoms with Crippen LogP contribution in [-0.2, 0) is 5.75 Å². The van der Waals surface area contributed by atoms with Crippen LogP contribution in [0.5, 0.6) is 0 Å². The average Bonchev–Trinajstić information content (AvgIpc) is 3.28. The molecule has 164 valence electrons. The van der Waals surface area contributed by atoms with Gasteiger partial charge in [0.05, 0.1) is 32.9 Å². The van der Waals surface area contributed by atoms with Crippen molar-refractivity contribution >= 4 is 34.3 Å². The van der Waals surface area contributed by atoms with Crippen molar-refractivity contribution in [3.05, 3.63) is 99.6 Å². The molecule has 6 nitrogen and oxygen atoms in total. The topological polar surface area (TPSA) is 73.8 Å². The minimum atomic E-state index is -0.878. The molecule has 0 atom stereocenters. The molecule has 0 N–H and O–H groups in total. The summed E-state index contributed by atoms with van der Waals surface area (Å²) in [4.78, 5) is 22.1. The van der Waals surface area contributed by atoms with E-state index in [4.69, 9.17) is 16.1 Å². The van der Waals surface area contributed by atoms with Crippen LogP contribution in [0.3, 0.4) is 0 Å². The first-order valence-corrected chi connectivity index (χ1v) is 11.0. The summed E-state index contributed by atoms with van der Waals surface area (Å²) in [5.74, 6) is -0.850. The molecule has 0 aliphatic heterocycles. The third kappa shape index (κ3) is 4.12. The Bertz CT molecular complexity index is 1550. The van der Waals surface area contributed by atoms with Crippen LogP contribution < -0.4 is 5.56 Å². The summed E-state index contributed by atoms with van der Waals surface area (Å²) in [6.07, 6.45) is 0. The number of aromatic nitrogens is 4. The lowest BCUT2D eigenvalue weighted by Gasteiger charge is -2.13. The number of hydrogen-bond donors (Lipinski definition) is 0. The number of benzene rings is 3. The zero-order valence-electron chi connectivity index (χ0n) is 16.7. The molecule has 0 radical (unpaired) electrons. The average molecular weight is 483 g/mol. The van der Waals surface area contributed by atoms with E-state index in [-0.39, 0.29) is 22.5 Å². The van der Waals surface area contributed by atoms with Gasteiger partial charge in [-0.3, -0.25) is 9.36 Å². The second-order valence-corrected chi connectivity index (χ2v) is 8.28. The molecule has 33 heavy (non-hydrogen) atoms. The Hall–Kier alpha value is -3.56. The number of para-hydroxylation sites is 1. The monoisotopic (exact) mass is 482 g/mol. The summed E-state index contributed by atoms with van der Waals surface area (Å²) in [6, 6.07) is 16.8. The van der Waals surface area contributed by atoms with E-state index in [1.54, 1.807) is 48.5 Å². The number of hydrogen-bond acceptors (Lipinski definition) is 6. The van der Waals surface area contributed by atoms with Gasteiger partial charge in [0, 0.05) is 6.07 Å². The molecule has 0 aliphatic rings. The van der Waals surface area contributed by atoms with Crippen LogP contribution in [-0.4, -0.2) is 19.7 Å². The maximum Gasteiger partial charge on any atom is 0.266 e. The lowest BCUT2D eigenvalue weighted by atomic mass is 10.2. The highest BCUT2D eigenvalue weighted by Crippen LogP contribution is 2.28. The maximum atomic E-state index is 14.6. The molecule has 5 aromatic rings. The molecular weight excluding hydrogens is 470 g/mol. The Morgan fingerprint density at radius 2 is 1.79 bits per heavy atom. The third-order valence-corrected chi connectivity index (χ3v) is 6.06. The van der Waals surface area contributed by atoms with Crippen LogP contribution in [0.15, 0.2) is 81.2 Å². The predicted octanol–water partition coefficient (Wildman–Crippen LogP) is 5.66. The van der Waals surface area contributed by atoms with Crippen molar-refractivity contribution in [1.82, 2.24) is 19.7 Å². The summed E-state index contributed by atoms with van der Waals surface area (Å²) in [7, 11) is 0. The molecule has 0 aliphatic carbocycles. The van der Waals surface area contributed by atoms with Gasteiger partial charge in [-0.25, -0.2) is 13.8 Å². The van der Waals surface area contributed by atoms with Gasteiger partial charge in [-0.1, -0.05) is 52.8 Å². The molecule has 0 saturated carbocycles. The number of halogens is 3. The van der Waals surface area contributed by atoms with E-state index in [1.807, 2.05) is 0 Å². The highest BCUT2D eigenvalue weighted by atomic mass is 35.5. The molecule has 0 amide bonds. The first-order valence-electron chi connectivity index (χ1n) is 9.69. The van der Waals surface area contributed by atoms with Gasteiger partial charge >= 0.3 is 0 Å². The molecule has 3 aromatic carbocycles. The van der Waals surface area contributed by atoms with Gasteiger partial charge in [0.1, 0.15) is 11.6 Å². The molecule has 0 saturated heterocycles. The van der Waals surface area contributed by atoms with Crippen molar-refractivity contribution in [2.24, 2.45) is 0 Å².